The molecule has 3 heteroatoms. The zero-order chi connectivity index (χ0) is 11.5. The first-order valence-corrected chi connectivity index (χ1v) is 6.06. The van der Waals surface area contributed by atoms with Crippen LogP contribution < -0.4 is 5.32 Å². The van der Waals surface area contributed by atoms with Crippen LogP contribution in [0.2, 0.25) is 0 Å². The predicted molar refractivity (Wildman–Crippen MR) is 64.0 cm³/mol. The van der Waals surface area contributed by atoms with Crippen LogP contribution in [0.1, 0.15) is 40.5 Å². The smallest absolute Gasteiger partial charge is 0.0446 e. The van der Waals surface area contributed by atoms with Gasteiger partial charge in [0.2, 0.25) is 0 Å². The number of nitrogens with zero attached hydrogens (tertiary/aromatic N) is 1. The SMILES string of the molecule is CC1CCN(C(C)(C)C)C(CCO)CN1. The van der Waals surface area contributed by atoms with E-state index in [1.165, 1.54) is 6.42 Å². The standard InChI is InChI=1S/C12H26N2O/c1-10-5-7-14(12(2,3)4)11(6-8-15)9-13-10/h10-11,13,15H,5-9H2,1-4H3. The third-order valence-electron chi connectivity index (χ3n) is 3.27. The van der Waals surface area contributed by atoms with Gasteiger partial charge in [-0.15, -0.1) is 0 Å². The highest BCUT2D eigenvalue weighted by atomic mass is 16.3. The molecule has 0 aromatic heterocycles. The van der Waals surface area contributed by atoms with Crippen LogP contribution in [-0.2, 0) is 0 Å². The Morgan fingerprint density at radius 1 is 1.40 bits per heavy atom. The number of rotatable bonds is 2. The fourth-order valence-electron chi connectivity index (χ4n) is 2.35. The summed E-state index contributed by atoms with van der Waals surface area (Å²) < 4.78 is 0. The monoisotopic (exact) mass is 214 g/mol. The lowest BCUT2D eigenvalue weighted by Gasteiger charge is -2.40. The summed E-state index contributed by atoms with van der Waals surface area (Å²) in [5.41, 5.74) is 0.200. The van der Waals surface area contributed by atoms with Gasteiger partial charge in [-0.05, 0) is 40.5 Å². The van der Waals surface area contributed by atoms with Crippen molar-refractivity contribution in [3.8, 4) is 0 Å². The Kier molecular flexibility index (Phi) is 4.56. The lowest BCUT2D eigenvalue weighted by Crippen LogP contribution is -2.50. The number of nitrogens with one attached hydrogen (secondary N) is 1. The summed E-state index contributed by atoms with van der Waals surface area (Å²) in [6, 6.07) is 1.07. The second kappa shape index (κ2) is 5.28. The molecule has 2 atom stereocenters. The third kappa shape index (κ3) is 3.74. The highest BCUT2D eigenvalue weighted by Crippen LogP contribution is 2.21. The van der Waals surface area contributed by atoms with Gasteiger partial charge in [-0.2, -0.15) is 0 Å². The van der Waals surface area contributed by atoms with Crippen molar-refractivity contribution in [2.24, 2.45) is 0 Å². The Balaban J connectivity index is 2.69. The fourth-order valence-corrected chi connectivity index (χ4v) is 2.35. The van der Waals surface area contributed by atoms with Crippen molar-refractivity contribution in [3.63, 3.8) is 0 Å². The van der Waals surface area contributed by atoms with Crippen LogP contribution in [0.4, 0.5) is 0 Å². The van der Waals surface area contributed by atoms with E-state index in [4.69, 9.17) is 5.11 Å². The molecule has 0 amide bonds. The van der Waals surface area contributed by atoms with Gasteiger partial charge >= 0.3 is 0 Å². The van der Waals surface area contributed by atoms with Crippen LogP contribution in [-0.4, -0.2) is 47.3 Å². The van der Waals surface area contributed by atoms with Crippen LogP contribution in [0.15, 0.2) is 0 Å². The van der Waals surface area contributed by atoms with Crippen LogP contribution in [0.3, 0.4) is 0 Å². The minimum atomic E-state index is 0.200. The molecule has 1 heterocycles. The molecule has 0 aliphatic carbocycles. The molecule has 2 unspecified atom stereocenters. The van der Waals surface area contributed by atoms with E-state index in [1.54, 1.807) is 0 Å². The van der Waals surface area contributed by atoms with Crippen molar-refractivity contribution >= 4 is 0 Å². The maximum atomic E-state index is 9.11. The van der Waals surface area contributed by atoms with Gasteiger partial charge in [-0.25, -0.2) is 0 Å². The Bertz CT molecular complexity index is 189. The van der Waals surface area contributed by atoms with E-state index < -0.39 is 0 Å². The largest absolute Gasteiger partial charge is 0.396 e. The van der Waals surface area contributed by atoms with Crippen molar-refractivity contribution in [2.75, 3.05) is 19.7 Å². The van der Waals surface area contributed by atoms with Crippen LogP contribution in [0.5, 0.6) is 0 Å². The van der Waals surface area contributed by atoms with E-state index in [0.29, 0.717) is 12.1 Å². The lowest BCUT2D eigenvalue weighted by molar-refractivity contribution is 0.0746. The number of aliphatic hydroxyl groups excluding tert-OH is 1. The molecule has 0 aromatic rings. The van der Waals surface area contributed by atoms with Crippen molar-refractivity contribution in [2.45, 2.75) is 58.2 Å². The molecule has 1 aliphatic rings. The lowest BCUT2D eigenvalue weighted by atomic mass is 10.0. The molecule has 90 valence electrons. The normalized spacial score (nSPS) is 30.2. The van der Waals surface area contributed by atoms with Crippen molar-refractivity contribution in [1.29, 1.82) is 0 Å². The molecule has 1 rings (SSSR count). The first kappa shape index (κ1) is 12.9. The summed E-state index contributed by atoms with van der Waals surface area (Å²) in [5, 5.41) is 12.6. The molecule has 1 saturated heterocycles. The molecular weight excluding hydrogens is 188 g/mol. The predicted octanol–water partition coefficient (Wildman–Crippen LogP) is 1.22. The zero-order valence-corrected chi connectivity index (χ0v) is 10.6. The first-order chi connectivity index (χ1) is 6.95. The Hall–Kier alpha value is -0.120. The Labute approximate surface area is 93.9 Å². The molecule has 0 radical (unpaired) electrons. The summed E-state index contributed by atoms with van der Waals surface area (Å²) in [7, 11) is 0. The van der Waals surface area contributed by atoms with Gasteiger partial charge < -0.3 is 10.4 Å². The van der Waals surface area contributed by atoms with E-state index in [-0.39, 0.29) is 12.1 Å². The topological polar surface area (TPSA) is 35.5 Å². The highest BCUT2D eigenvalue weighted by Gasteiger charge is 2.30. The molecule has 15 heavy (non-hydrogen) atoms. The van der Waals surface area contributed by atoms with Gasteiger partial charge in [0, 0.05) is 37.3 Å². The molecule has 0 spiro atoms. The summed E-state index contributed by atoms with van der Waals surface area (Å²) in [5.74, 6) is 0. The van der Waals surface area contributed by atoms with E-state index in [9.17, 15) is 0 Å². The second-order valence-electron chi connectivity index (χ2n) is 5.63. The summed E-state index contributed by atoms with van der Waals surface area (Å²) in [6.07, 6.45) is 2.07. The van der Waals surface area contributed by atoms with E-state index in [0.717, 1.165) is 19.5 Å². The molecule has 0 saturated carbocycles. The number of aliphatic hydroxyl groups is 1. The highest BCUT2D eigenvalue weighted by molar-refractivity contribution is 4.88. The molecule has 3 nitrogen and oxygen atoms in total. The molecular formula is C12H26N2O. The minimum absolute atomic E-state index is 0.200. The quantitative estimate of drug-likeness (QED) is 0.725. The van der Waals surface area contributed by atoms with Gasteiger partial charge in [0.05, 0.1) is 0 Å². The van der Waals surface area contributed by atoms with Gasteiger partial charge in [-0.3, -0.25) is 4.90 Å². The second-order valence-corrected chi connectivity index (χ2v) is 5.63. The summed E-state index contributed by atoms with van der Waals surface area (Å²) >= 11 is 0. The Morgan fingerprint density at radius 3 is 2.60 bits per heavy atom. The average molecular weight is 214 g/mol. The fraction of sp³-hybridized carbons (Fsp3) is 1.00. The van der Waals surface area contributed by atoms with Crippen LogP contribution in [0.25, 0.3) is 0 Å². The summed E-state index contributed by atoms with van der Waals surface area (Å²) in [4.78, 5) is 2.53. The maximum absolute atomic E-state index is 9.11. The minimum Gasteiger partial charge on any atom is -0.396 e. The summed E-state index contributed by atoms with van der Waals surface area (Å²) in [6.45, 7) is 11.4. The van der Waals surface area contributed by atoms with Crippen LogP contribution in [0, 0.1) is 0 Å². The first-order valence-electron chi connectivity index (χ1n) is 6.06. The zero-order valence-electron chi connectivity index (χ0n) is 10.6. The maximum Gasteiger partial charge on any atom is 0.0446 e. The number of hydrogen-bond donors (Lipinski definition) is 2. The van der Waals surface area contributed by atoms with Gasteiger partial charge in [0.25, 0.3) is 0 Å². The van der Waals surface area contributed by atoms with Gasteiger partial charge in [0.1, 0.15) is 0 Å². The average Bonchev–Trinajstić information content (AvgIpc) is 2.28. The molecule has 1 aliphatic heterocycles. The molecule has 1 fully saturated rings. The van der Waals surface area contributed by atoms with Crippen LogP contribution >= 0.6 is 0 Å². The van der Waals surface area contributed by atoms with Crippen molar-refractivity contribution < 1.29 is 5.11 Å². The third-order valence-corrected chi connectivity index (χ3v) is 3.27. The van der Waals surface area contributed by atoms with Crippen molar-refractivity contribution in [1.82, 2.24) is 10.2 Å². The van der Waals surface area contributed by atoms with E-state index in [2.05, 4.69) is 37.9 Å². The van der Waals surface area contributed by atoms with Crippen molar-refractivity contribution in [3.05, 3.63) is 0 Å². The van der Waals surface area contributed by atoms with E-state index in [1.807, 2.05) is 0 Å². The molecule has 0 aromatic carbocycles. The van der Waals surface area contributed by atoms with Gasteiger partial charge in [-0.1, -0.05) is 0 Å². The molecule has 0 bridgehead atoms. The van der Waals surface area contributed by atoms with Gasteiger partial charge in [0.15, 0.2) is 0 Å². The van der Waals surface area contributed by atoms with E-state index >= 15 is 0 Å². The molecule has 2 N–H and O–H groups in total. The number of hydrogen-bond acceptors (Lipinski definition) is 3. The Morgan fingerprint density at radius 2 is 2.07 bits per heavy atom.